The molecule has 0 aliphatic heterocycles. The Morgan fingerprint density at radius 2 is 2.18 bits per heavy atom. The summed E-state index contributed by atoms with van der Waals surface area (Å²) in [6.45, 7) is 4.31. The van der Waals surface area contributed by atoms with Crippen LogP contribution in [0.2, 0.25) is 0 Å². The quantitative estimate of drug-likeness (QED) is 0.570. The molecule has 66 valence electrons. The third-order valence-corrected chi connectivity index (χ3v) is 1.32. The molecule has 0 amide bonds. The lowest BCUT2D eigenvalue weighted by atomic mass is 10.3. The van der Waals surface area contributed by atoms with Crippen LogP contribution in [0.1, 0.15) is 26.7 Å². The van der Waals surface area contributed by atoms with Crippen molar-refractivity contribution in [3.8, 4) is 0 Å². The van der Waals surface area contributed by atoms with Crippen molar-refractivity contribution >= 4 is 5.97 Å². The predicted octanol–water partition coefficient (Wildman–Crippen LogP) is 1.36. The number of esters is 1. The second-order valence-corrected chi connectivity index (χ2v) is 2.47. The number of carbonyl (C=O) groups is 1. The summed E-state index contributed by atoms with van der Waals surface area (Å²) in [4.78, 5) is 10.9. The fourth-order valence-corrected chi connectivity index (χ4v) is 0.593. The number of carbonyl (C=O) groups excluding carboxylic acids is 1. The summed E-state index contributed by atoms with van der Waals surface area (Å²) in [7, 11) is 1.58. The molecule has 0 heterocycles. The van der Waals surface area contributed by atoms with Crippen molar-refractivity contribution in [2.45, 2.75) is 32.8 Å². The molecule has 0 saturated carbocycles. The summed E-state index contributed by atoms with van der Waals surface area (Å²) in [6, 6.07) is 0. The summed E-state index contributed by atoms with van der Waals surface area (Å²) >= 11 is 0. The maximum Gasteiger partial charge on any atom is 0.308 e. The molecule has 0 aromatic carbocycles. The molecular weight excluding hydrogens is 144 g/mol. The van der Waals surface area contributed by atoms with Gasteiger partial charge >= 0.3 is 5.97 Å². The second-order valence-electron chi connectivity index (χ2n) is 2.47. The zero-order valence-electron chi connectivity index (χ0n) is 7.42. The van der Waals surface area contributed by atoms with E-state index >= 15 is 0 Å². The van der Waals surface area contributed by atoms with Gasteiger partial charge < -0.3 is 9.47 Å². The van der Waals surface area contributed by atoms with E-state index in [0.717, 1.165) is 6.42 Å². The van der Waals surface area contributed by atoms with Crippen molar-refractivity contribution in [2.75, 3.05) is 13.7 Å². The Balaban J connectivity index is 3.36. The molecule has 0 rings (SSSR count). The van der Waals surface area contributed by atoms with E-state index in [1.54, 1.807) is 7.11 Å². The van der Waals surface area contributed by atoms with Gasteiger partial charge in [-0.15, -0.1) is 0 Å². The molecule has 1 atom stereocenters. The fourth-order valence-electron chi connectivity index (χ4n) is 0.593. The van der Waals surface area contributed by atoms with Crippen molar-refractivity contribution in [3.63, 3.8) is 0 Å². The Morgan fingerprint density at radius 1 is 1.55 bits per heavy atom. The van der Waals surface area contributed by atoms with E-state index in [-0.39, 0.29) is 12.1 Å². The molecule has 0 aromatic rings. The van der Waals surface area contributed by atoms with Gasteiger partial charge in [-0.1, -0.05) is 6.92 Å². The molecule has 3 heteroatoms. The van der Waals surface area contributed by atoms with Crippen LogP contribution in [-0.2, 0) is 14.3 Å². The van der Waals surface area contributed by atoms with E-state index in [1.165, 1.54) is 0 Å². The van der Waals surface area contributed by atoms with Gasteiger partial charge in [0.2, 0.25) is 0 Å². The Labute approximate surface area is 67.7 Å². The molecule has 0 spiro atoms. The molecule has 0 bridgehead atoms. The lowest BCUT2D eigenvalue weighted by Crippen LogP contribution is -2.14. The van der Waals surface area contributed by atoms with E-state index in [4.69, 9.17) is 9.47 Å². The van der Waals surface area contributed by atoms with Gasteiger partial charge in [0.1, 0.15) is 0 Å². The van der Waals surface area contributed by atoms with Gasteiger partial charge in [-0.25, -0.2) is 0 Å². The first-order chi connectivity index (χ1) is 5.20. The highest BCUT2D eigenvalue weighted by Crippen LogP contribution is 1.97. The van der Waals surface area contributed by atoms with Gasteiger partial charge in [-0.2, -0.15) is 0 Å². The van der Waals surface area contributed by atoms with Crippen LogP contribution in [0.25, 0.3) is 0 Å². The number of methoxy groups -OCH3 is 1. The number of rotatable bonds is 5. The molecule has 0 aromatic heterocycles. The van der Waals surface area contributed by atoms with E-state index in [1.807, 2.05) is 13.8 Å². The second kappa shape index (κ2) is 6.16. The van der Waals surface area contributed by atoms with Crippen LogP contribution < -0.4 is 0 Å². The summed E-state index contributed by atoms with van der Waals surface area (Å²) in [5.74, 6) is -0.179. The average Bonchev–Trinajstić information content (AvgIpc) is 2.00. The Kier molecular flexibility index (Phi) is 5.84. The first-order valence-corrected chi connectivity index (χ1v) is 3.89. The molecule has 0 N–H and O–H groups in total. The van der Waals surface area contributed by atoms with Crippen LogP contribution in [0.15, 0.2) is 0 Å². The standard InChI is InChI=1S/C8H16O3/c1-4-5-11-8(9)6-7(2)10-3/h7H,4-6H2,1-3H3. The van der Waals surface area contributed by atoms with Crippen molar-refractivity contribution in [3.05, 3.63) is 0 Å². The van der Waals surface area contributed by atoms with Crippen molar-refractivity contribution in [1.29, 1.82) is 0 Å². The third kappa shape index (κ3) is 5.85. The largest absolute Gasteiger partial charge is 0.466 e. The van der Waals surface area contributed by atoms with Crippen LogP contribution in [-0.4, -0.2) is 25.8 Å². The fraction of sp³-hybridized carbons (Fsp3) is 0.875. The Hall–Kier alpha value is -0.570. The lowest BCUT2D eigenvalue weighted by molar-refractivity contribution is -0.146. The first kappa shape index (κ1) is 10.4. The highest BCUT2D eigenvalue weighted by atomic mass is 16.5. The van der Waals surface area contributed by atoms with Gasteiger partial charge in [0, 0.05) is 7.11 Å². The van der Waals surface area contributed by atoms with E-state index in [0.29, 0.717) is 13.0 Å². The van der Waals surface area contributed by atoms with Crippen LogP contribution in [0.5, 0.6) is 0 Å². The summed E-state index contributed by atoms with van der Waals surface area (Å²) in [5, 5.41) is 0. The molecule has 3 nitrogen and oxygen atoms in total. The van der Waals surface area contributed by atoms with Gasteiger partial charge in [0.15, 0.2) is 0 Å². The van der Waals surface area contributed by atoms with E-state index < -0.39 is 0 Å². The van der Waals surface area contributed by atoms with Gasteiger partial charge in [-0.3, -0.25) is 4.79 Å². The summed E-state index contributed by atoms with van der Waals surface area (Å²) < 4.78 is 9.74. The maximum absolute atomic E-state index is 10.9. The molecule has 0 radical (unpaired) electrons. The Morgan fingerprint density at radius 3 is 2.64 bits per heavy atom. The first-order valence-electron chi connectivity index (χ1n) is 3.89. The number of ether oxygens (including phenoxy) is 2. The number of hydrogen-bond acceptors (Lipinski definition) is 3. The molecule has 0 saturated heterocycles. The maximum atomic E-state index is 10.9. The molecule has 0 aliphatic rings. The van der Waals surface area contributed by atoms with Crippen molar-refractivity contribution in [2.24, 2.45) is 0 Å². The monoisotopic (exact) mass is 160 g/mol. The SMILES string of the molecule is CCCOC(=O)CC(C)OC. The minimum Gasteiger partial charge on any atom is -0.466 e. The van der Waals surface area contributed by atoms with Crippen molar-refractivity contribution in [1.82, 2.24) is 0 Å². The van der Waals surface area contributed by atoms with E-state index in [2.05, 4.69) is 0 Å². The van der Waals surface area contributed by atoms with Crippen molar-refractivity contribution < 1.29 is 14.3 Å². The predicted molar refractivity (Wildman–Crippen MR) is 42.3 cm³/mol. The summed E-state index contributed by atoms with van der Waals surface area (Å²) in [5.41, 5.74) is 0. The Bertz CT molecular complexity index is 112. The normalized spacial score (nSPS) is 12.6. The molecule has 1 unspecified atom stereocenters. The van der Waals surface area contributed by atoms with Crippen LogP contribution in [0, 0.1) is 0 Å². The molecule has 11 heavy (non-hydrogen) atoms. The van der Waals surface area contributed by atoms with Crippen LogP contribution in [0.4, 0.5) is 0 Å². The van der Waals surface area contributed by atoms with Gasteiger partial charge in [0.25, 0.3) is 0 Å². The van der Waals surface area contributed by atoms with Gasteiger partial charge in [-0.05, 0) is 13.3 Å². The van der Waals surface area contributed by atoms with E-state index in [9.17, 15) is 4.79 Å². The van der Waals surface area contributed by atoms with Crippen LogP contribution in [0.3, 0.4) is 0 Å². The number of hydrogen-bond donors (Lipinski definition) is 0. The molecule has 0 aliphatic carbocycles. The van der Waals surface area contributed by atoms with Gasteiger partial charge in [0.05, 0.1) is 19.1 Å². The zero-order chi connectivity index (χ0) is 8.69. The lowest BCUT2D eigenvalue weighted by Gasteiger charge is -2.07. The average molecular weight is 160 g/mol. The van der Waals surface area contributed by atoms with Crippen LogP contribution >= 0.6 is 0 Å². The summed E-state index contributed by atoms with van der Waals surface area (Å²) in [6.07, 6.45) is 1.17. The minimum absolute atomic E-state index is 0.0423. The highest BCUT2D eigenvalue weighted by Gasteiger charge is 2.07. The smallest absolute Gasteiger partial charge is 0.308 e. The minimum atomic E-state index is -0.179. The highest BCUT2D eigenvalue weighted by molar-refractivity contribution is 5.69. The molecule has 0 fully saturated rings. The molecular formula is C8H16O3. The topological polar surface area (TPSA) is 35.5 Å². The zero-order valence-corrected chi connectivity index (χ0v) is 7.42. The third-order valence-electron chi connectivity index (χ3n) is 1.32.